The number of aromatic nitrogens is 3. The Morgan fingerprint density at radius 1 is 1.16 bits per heavy atom. The molecule has 0 saturated carbocycles. The third kappa shape index (κ3) is 4.33. The molecule has 1 aromatic carbocycles. The normalized spacial score (nSPS) is 12.2. The summed E-state index contributed by atoms with van der Waals surface area (Å²) in [5, 5.41) is 16.9. The van der Waals surface area contributed by atoms with Gasteiger partial charge in [-0.15, -0.1) is 5.10 Å². The molecule has 0 spiro atoms. The lowest BCUT2D eigenvalue weighted by molar-refractivity contribution is -0.121. The summed E-state index contributed by atoms with van der Waals surface area (Å²) in [6.07, 6.45) is 1.60. The Hall–Kier alpha value is -2.93. The molecule has 7 nitrogen and oxygen atoms in total. The van der Waals surface area contributed by atoms with Gasteiger partial charge in [-0.2, -0.15) is 0 Å². The molecule has 0 radical (unpaired) electrons. The molecule has 25 heavy (non-hydrogen) atoms. The van der Waals surface area contributed by atoms with Crippen LogP contribution in [0.15, 0.2) is 59.5 Å². The van der Waals surface area contributed by atoms with Gasteiger partial charge in [0.2, 0.25) is 5.91 Å². The van der Waals surface area contributed by atoms with Gasteiger partial charge in [0, 0.05) is 25.6 Å². The summed E-state index contributed by atoms with van der Waals surface area (Å²) in [5.74, 6) is -0.226. The van der Waals surface area contributed by atoms with Crippen LogP contribution >= 0.6 is 0 Å². The van der Waals surface area contributed by atoms with Crippen molar-refractivity contribution < 1.29 is 9.90 Å². The van der Waals surface area contributed by atoms with E-state index in [9.17, 15) is 14.7 Å². The van der Waals surface area contributed by atoms with Crippen LogP contribution in [0.1, 0.15) is 12.0 Å². The number of pyridine rings is 1. The van der Waals surface area contributed by atoms with Gasteiger partial charge in [-0.3, -0.25) is 9.20 Å². The molecule has 0 bridgehead atoms. The van der Waals surface area contributed by atoms with Crippen LogP contribution in [0.2, 0.25) is 0 Å². The summed E-state index contributed by atoms with van der Waals surface area (Å²) in [7, 11) is 0. The zero-order chi connectivity index (χ0) is 17.6. The summed E-state index contributed by atoms with van der Waals surface area (Å²) < 4.78 is 2.71. The fraction of sp³-hybridized carbons (Fsp3) is 0.278. The molecule has 0 aliphatic rings. The molecular weight excluding hydrogens is 320 g/mol. The Balaban J connectivity index is 1.47. The maximum atomic E-state index is 12.1. The molecule has 1 amide bonds. The first-order chi connectivity index (χ1) is 12.1. The second-order valence-corrected chi connectivity index (χ2v) is 5.83. The summed E-state index contributed by atoms with van der Waals surface area (Å²) in [5.41, 5.74) is 1.29. The van der Waals surface area contributed by atoms with Crippen molar-refractivity contribution in [2.75, 3.05) is 6.54 Å². The van der Waals surface area contributed by atoms with Gasteiger partial charge < -0.3 is 10.4 Å². The molecular formula is C18H20N4O3. The monoisotopic (exact) mass is 340 g/mol. The number of nitrogens with zero attached hydrogens (tertiary/aromatic N) is 3. The number of amides is 1. The van der Waals surface area contributed by atoms with E-state index in [1.807, 2.05) is 30.3 Å². The van der Waals surface area contributed by atoms with Crippen LogP contribution in [0.3, 0.4) is 0 Å². The number of aryl methyl sites for hydroxylation is 1. The van der Waals surface area contributed by atoms with E-state index in [2.05, 4.69) is 10.4 Å². The van der Waals surface area contributed by atoms with Crippen LogP contribution in [0.4, 0.5) is 0 Å². The van der Waals surface area contributed by atoms with E-state index in [4.69, 9.17) is 0 Å². The van der Waals surface area contributed by atoms with Gasteiger partial charge in [0.1, 0.15) is 0 Å². The third-order valence-corrected chi connectivity index (χ3v) is 3.89. The molecule has 1 atom stereocenters. The SMILES string of the molecule is O=C(CCn1nc2ccccn2c1=O)NCC(O)Cc1ccccc1. The fourth-order valence-corrected chi connectivity index (χ4v) is 2.60. The maximum absolute atomic E-state index is 12.1. The number of nitrogens with one attached hydrogen (secondary N) is 1. The highest BCUT2D eigenvalue weighted by Gasteiger charge is 2.10. The minimum Gasteiger partial charge on any atom is -0.391 e. The highest BCUT2D eigenvalue weighted by molar-refractivity contribution is 5.75. The molecule has 3 aromatic rings. The quantitative estimate of drug-likeness (QED) is 0.659. The molecule has 2 heterocycles. The zero-order valence-electron chi connectivity index (χ0n) is 13.7. The predicted octanol–water partition coefficient (Wildman–Crippen LogP) is 0.606. The van der Waals surface area contributed by atoms with Crippen molar-refractivity contribution in [3.8, 4) is 0 Å². The Bertz CT molecular complexity index is 901. The minimum absolute atomic E-state index is 0.127. The molecule has 0 saturated heterocycles. The molecule has 2 N–H and O–H groups in total. The summed E-state index contributed by atoms with van der Waals surface area (Å²) in [6, 6.07) is 14.9. The number of rotatable bonds is 7. The summed E-state index contributed by atoms with van der Waals surface area (Å²) in [4.78, 5) is 24.0. The molecule has 130 valence electrons. The van der Waals surface area contributed by atoms with Gasteiger partial charge in [-0.25, -0.2) is 9.48 Å². The number of hydrogen-bond acceptors (Lipinski definition) is 4. The number of carbonyl (C=O) groups is 1. The van der Waals surface area contributed by atoms with Crippen LogP contribution in [-0.2, 0) is 17.8 Å². The van der Waals surface area contributed by atoms with Crippen molar-refractivity contribution in [2.45, 2.75) is 25.5 Å². The molecule has 2 aromatic heterocycles. The Kier molecular flexibility index (Phi) is 5.25. The highest BCUT2D eigenvalue weighted by Crippen LogP contribution is 2.02. The van der Waals surface area contributed by atoms with Crippen LogP contribution in [-0.4, -0.2) is 37.8 Å². The number of aliphatic hydroxyl groups is 1. The lowest BCUT2D eigenvalue weighted by atomic mass is 10.1. The van der Waals surface area contributed by atoms with Crippen molar-refractivity contribution in [1.82, 2.24) is 19.5 Å². The number of benzene rings is 1. The first kappa shape index (κ1) is 16.9. The first-order valence-corrected chi connectivity index (χ1v) is 8.16. The smallest absolute Gasteiger partial charge is 0.350 e. The Morgan fingerprint density at radius 2 is 1.92 bits per heavy atom. The molecule has 0 aliphatic heterocycles. The molecule has 3 rings (SSSR count). The number of aliphatic hydroxyl groups excluding tert-OH is 1. The van der Waals surface area contributed by atoms with E-state index in [0.717, 1.165) is 5.56 Å². The van der Waals surface area contributed by atoms with Crippen molar-refractivity contribution in [3.05, 3.63) is 70.8 Å². The number of fused-ring (bicyclic) bond motifs is 1. The summed E-state index contributed by atoms with van der Waals surface area (Å²) in [6.45, 7) is 0.370. The highest BCUT2D eigenvalue weighted by atomic mass is 16.3. The van der Waals surface area contributed by atoms with E-state index >= 15 is 0 Å². The standard InChI is InChI=1S/C18H20N4O3/c23-15(12-14-6-2-1-3-7-14)13-19-17(24)9-11-22-18(25)21-10-5-4-8-16(21)20-22/h1-8,10,15,23H,9,11-13H2,(H,19,24). The van der Waals surface area contributed by atoms with E-state index < -0.39 is 6.10 Å². The van der Waals surface area contributed by atoms with Crippen molar-refractivity contribution >= 4 is 11.6 Å². The second kappa shape index (κ2) is 7.76. The second-order valence-electron chi connectivity index (χ2n) is 5.83. The van der Waals surface area contributed by atoms with Gasteiger partial charge >= 0.3 is 5.69 Å². The largest absolute Gasteiger partial charge is 0.391 e. The average Bonchev–Trinajstić information content (AvgIpc) is 2.95. The summed E-state index contributed by atoms with van der Waals surface area (Å²) >= 11 is 0. The van der Waals surface area contributed by atoms with Gasteiger partial charge in [0.25, 0.3) is 0 Å². The fourth-order valence-electron chi connectivity index (χ4n) is 2.60. The zero-order valence-corrected chi connectivity index (χ0v) is 13.7. The van der Waals surface area contributed by atoms with E-state index in [1.165, 1.54) is 9.08 Å². The van der Waals surface area contributed by atoms with Gasteiger partial charge in [0.05, 0.1) is 12.6 Å². The molecule has 7 heteroatoms. The van der Waals surface area contributed by atoms with Crippen LogP contribution in [0, 0.1) is 0 Å². The number of carbonyl (C=O) groups excluding carboxylic acids is 1. The van der Waals surface area contributed by atoms with Crippen molar-refractivity contribution in [1.29, 1.82) is 0 Å². The van der Waals surface area contributed by atoms with Crippen LogP contribution in [0.25, 0.3) is 5.65 Å². The minimum atomic E-state index is -0.649. The molecule has 0 aliphatic carbocycles. The van der Waals surface area contributed by atoms with E-state index in [-0.39, 0.29) is 31.1 Å². The van der Waals surface area contributed by atoms with Gasteiger partial charge in [0.15, 0.2) is 5.65 Å². The van der Waals surface area contributed by atoms with Crippen LogP contribution < -0.4 is 11.0 Å². The Labute approximate surface area is 144 Å². The average molecular weight is 340 g/mol. The third-order valence-electron chi connectivity index (χ3n) is 3.89. The van der Waals surface area contributed by atoms with Crippen molar-refractivity contribution in [3.63, 3.8) is 0 Å². The number of hydrogen-bond donors (Lipinski definition) is 2. The molecule has 1 unspecified atom stereocenters. The lowest BCUT2D eigenvalue weighted by Gasteiger charge is -2.12. The first-order valence-electron chi connectivity index (χ1n) is 8.16. The van der Waals surface area contributed by atoms with Gasteiger partial charge in [-0.05, 0) is 17.7 Å². The van der Waals surface area contributed by atoms with Crippen molar-refractivity contribution in [2.24, 2.45) is 0 Å². The lowest BCUT2D eigenvalue weighted by Crippen LogP contribution is -2.34. The predicted molar refractivity (Wildman–Crippen MR) is 93.2 cm³/mol. The maximum Gasteiger partial charge on any atom is 0.350 e. The van der Waals surface area contributed by atoms with E-state index in [1.54, 1.807) is 24.4 Å². The topological polar surface area (TPSA) is 88.6 Å². The van der Waals surface area contributed by atoms with Gasteiger partial charge in [-0.1, -0.05) is 36.4 Å². The Morgan fingerprint density at radius 3 is 2.68 bits per heavy atom. The van der Waals surface area contributed by atoms with Crippen LogP contribution in [0.5, 0.6) is 0 Å². The molecule has 0 fully saturated rings. The van der Waals surface area contributed by atoms with E-state index in [0.29, 0.717) is 12.1 Å².